The third-order valence-corrected chi connectivity index (χ3v) is 7.44. The van der Waals surface area contributed by atoms with Crippen LogP contribution < -0.4 is 5.32 Å². The molecule has 4 rings (SSSR count). The first-order chi connectivity index (χ1) is 14.5. The summed E-state index contributed by atoms with van der Waals surface area (Å²) in [7, 11) is -1.79. The maximum absolute atomic E-state index is 14.9. The van der Waals surface area contributed by atoms with Crippen LogP contribution in [0.1, 0.15) is 12.8 Å². The molecule has 8 heteroatoms. The van der Waals surface area contributed by atoms with Crippen LogP contribution in [0.25, 0.3) is 22.4 Å². The Kier molecular flexibility index (Phi) is 5.90. The van der Waals surface area contributed by atoms with Gasteiger partial charge >= 0.3 is 0 Å². The summed E-state index contributed by atoms with van der Waals surface area (Å²) in [4.78, 5) is 8.30. The van der Waals surface area contributed by atoms with Gasteiger partial charge in [-0.3, -0.25) is 9.97 Å². The Morgan fingerprint density at radius 2 is 1.83 bits per heavy atom. The van der Waals surface area contributed by atoms with E-state index in [1.165, 1.54) is 29.0 Å². The highest BCUT2D eigenvalue weighted by Crippen LogP contribution is 2.33. The van der Waals surface area contributed by atoms with E-state index in [2.05, 4.69) is 15.3 Å². The average Bonchev–Trinajstić information content (AvgIpc) is 2.79. The monoisotopic (exact) mass is 426 g/mol. The molecular formula is C22H23FN4O2S. The summed E-state index contributed by atoms with van der Waals surface area (Å²) in [6.07, 6.45) is 6.04. The molecular weight excluding hydrogens is 403 g/mol. The Hall–Kier alpha value is -2.68. The first kappa shape index (κ1) is 20.6. The fourth-order valence-corrected chi connectivity index (χ4v) is 5.47. The first-order valence-electron chi connectivity index (χ1n) is 9.83. The van der Waals surface area contributed by atoms with Gasteiger partial charge in [0.1, 0.15) is 5.82 Å². The lowest BCUT2D eigenvalue weighted by molar-refractivity contribution is 0.298. The zero-order chi connectivity index (χ0) is 21.1. The molecule has 0 amide bonds. The lowest BCUT2D eigenvalue weighted by Crippen LogP contribution is -2.43. The minimum absolute atomic E-state index is 0.194. The van der Waals surface area contributed by atoms with Crippen molar-refractivity contribution in [2.24, 2.45) is 0 Å². The van der Waals surface area contributed by atoms with Crippen LogP contribution in [-0.2, 0) is 10.0 Å². The number of hydrogen-bond acceptors (Lipinski definition) is 5. The van der Waals surface area contributed by atoms with Gasteiger partial charge in [-0.05, 0) is 43.7 Å². The fraction of sp³-hybridized carbons (Fsp3) is 0.273. The van der Waals surface area contributed by atoms with Crippen LogP contribution >= 0.6 is 0 Å². The molecule has 30 heavy (non-hydrogen) atoms. The van der Waals surface area contributed by atoms with E-state index in [1.54, 1.807) is 36.4 Å². The second kappa shape index (κ2) is 8.59. The van der Waals surface area contributed by atoms with Crippen molar-refractivity contribution in [3.63, 3.8) is 0 Å². The van der Waals surface area contributed by atoms with Gasteiger partial charge in [0.05, 0.1) is 16.8 Å². The molecule has 1 aliphatic heterocycles. The van der Waals surface area contributed by atoms with Crippen molar-refractivity contribution in [1.82, 2.24) is 19.6 Å². The van der Waals surface area contributed by atoms with E-state index in [-0.39, 0.29) is 4.90 Å². The molecule has 0 unspecified atom stereocenters. The molecule has 2 heterocycles. The highest BCUT2D eigenvalue weighted by Gasteiger charge is 2.30. The van der Waals surface area contributed by atoms with Crippen molar-refractivity contribution in [3.8, 4) is 22.4 Å². The Morgan fingerprint density at radius 3 is 2.50 bits per heavy atom. The molecule has 1 aliphatic rings. The van der Waals surface area contributed by atoms with E-state index < -0.39 is 15.8 Å². The summed E-state index contributed by atoms with van der Waals surface area (Å²) >= 11 is 0. The number of benzene rings is 2. The van der Waals surface area contributed by atoms with Gasteiger partial charge in [-0.1, -0.05) is 24.3 Å². The SMILES string of the molecule is CNC1CCN(S(=O)(=O)c2ccccc2-c2ccc(-c3cnccn3)c(F)c2)CC1. The lowest BCUT2D eigenvalue weighted by Gasteiger charge is -2.31. The molecule has 0 saturated carbocycles. The highest BCUT2D eigenvalue weighted by molar-refractivity contribution is 7.89. The smallest absolute Gasteiger partial charge is 0.243 e. The quantitative estimate of drug-likeness (QED) is 0.677. The standard InChI is InChI=1S/C22H23FN4O2S/c1-24-17-8-12-27(13-9-17)30(28,29)22-5-3-2-4-18(22)16-6-7-19(20(23)14-16)21-15-25-10-11-26-21/h2-7,10-11,14-15,17,24H,8-9,12-13H2,1H3. The maximum Gasteiger partial charge on any atom is 0.243 e. The van der Waals surface area contributed by atoms with E-state index in [9.17, 15) is 12.8 Å². The van der Waals surface area contributed by atoms with Crippen LogP contribution in [0.5, 0.6) is 0 Å². The number of piperidine rings is 1. The van der Waals surface area contributed by atoms with Crippen molar-refractivity contribution in [1.29, 1.82) is 0 Å². The van der Waals surface area contributed by atoms with Crippen LogP contribution in [-0.4, -0.2) is 48.9 Å². The minimum atomic E-state index is -3.69. The minimum Gasteiger partial charge on any atom is -0.317 e. The van der Waals surface area contributed by atoms with Crippen molar-refractivity contribution >= 4 is 10.0 Å². The largest absolute Gasteiger partial charge is 0.317 e. The third-order valence-electron chi connectivity index (χ3n) is 5.49. The summed E-state index contributed by atoms with van der Waals surface area (Å²) in [5.74, 6) is -0.477. The maximum atomic E-state index is 14.9. The van der Waals surface area contributed by atoms with Gasteiger partial charge in [0.15, 0.2) is 0 Å². The predicted octanol–water partition coefficient (Wildman–Crippen LogP) is 3.32. The molecule has 6 nitrogen and oxygen atoms in total. The molecule has 156 valence electrons. The number of nitrogens with zero attached hydrogens (tertiary/aromatic N) is 3. The second-order valence-corrected chi connectivity index (χ2v) is 9.15. The molecule has 1 aromatic heterocycles. The van der Waals surface area contributed by atoms with Crippen LogP contribution in [0.4, 0.5) is 4.39 Å². The zero-order valence-corrected chi connectivity index (χ0v) is 17.4. The first-order valence-corrected chi connectivity index (χ1v) is 11.3. The summed E-state index contributed by atoms with van der Waals surface area (Å²) < 4.78 is 43.1. The Balaban J connectivity index is 1.70. The molecule has 0 atom stereocenters. The van der Waals surface area contributed by atoms with Gasteiger partial charge < -0.3 is 5.32 Å². The van der Waals surface area contributed by atoms with E-state index in [4.69, 9.17) is 0 Å². The zero-order valence-electron chi connectivity index (χ0n) is 16.6. The molecule has 0 aliphatic carbocycles. The Morgan fingerprint density at radius 1 is 1.07 bits per heavy atom. The van der Waals surface area contributed by atoms with E-state index in [1.807, 2.05) is 7.05 Å². The summed E-state index contributed by atoms with van der Waals surface area (Å²) in [6.45, 7) is 0.921. The van der Waals surface area contributed by atoms with Crippen LogP contribution in [0.3, 0.4) is 0 Å². The second-order valence-electron chi connectivity index (χ2n) is 7.25. The van der Waals surface area contributed by atoms with Gasteiger partial charge in [-0.2, -0.15) is 4.31 Å². The summed E-state index contributed by atoms with van der Waals surface area (Å²) in [6, 6.07) is 11.8. The van der Waals surface area contributed by atoms with Gasteiger partial charge in [-0.15, -0.1) is 0 Å². The number of nitrogens with one attached hydrogen (secondary N) is 1. The third kappa shape index (κ3) is 3.98. The van der Waals surface area contributed by atoms with Gasteiger partial charge in [-0.25, -0.2) is 12.8 Å². The Bertz CT molecular complexity index is 1130. The predicted molar refractivity (Wildman–Crippen MR) is 114 cm³/mol. The van der Waals surface area contributed by atoms with Gasteiger partial charge in [0.2, 0.25) is 10.0 Å². The van der Waals surface area contributed by atoms with Crippen molar-refractivity contribution < 1.29 is 12.8 Å². The molecule has 0 spiro atoms. The number of aromatic nitrogens is 2. The molecule has 2 aromatic carbocycles. The van der Waals surface area contributed by atoms with Crippen molar-refractivity contribution in [3.05, 3.63) is 66.9 Å². The fourth-order valence-electron chi connectivity index (χ4n) is 3.78. The molecule has 3 aromatic rings. The van der Waals surface area contributed by atoms with Gasteiger partial charge in [0, 0.05) is 42.7 Å². The molecule has 1 N–H and O–H groups in total. The van der Waals surface area contributed by atoms with Crippen molar-refractivity contribution in [2.75, 3.05) is 20.1 Å². The highest BCUT2D eigenvalue weighted by atomic mass is 32.2. The normalized spacial score (nSPS) is 15.9. The van der Waals surface area contributed by atoms with Crippen molar-refractivity contribution in [2.45, 2.75) is 23.8 Å². The molecule has 1 saturated heterocycles. The van der Waals surface area contributed by atoms with E-state index in [0.29, 0.717) is 41.5 Å². The lowest BCUT2D eigenvalue weighted by atomic mass is 10.0. The molecule has 1 fully saturated rings. The van der Waals surface area contributed by atoms with Crippen LogP contribution in [0.15, 0.2) is 66.0 Å². The van der Waals surface area contributed by atoms with Crippen LogP contribution in [0, 0.1) is 5.82 Å². The average molecular weight is 427 g/mol. The van der Waals surface area contributed by atoms with E-state index in [0.717, 1.165) is 12.8 Å². The Labute approximate surface area is 175 Å². The number of halogens is 1. The molecule has 0 bridgehead atoms. The number of rotatable bonds is 5. The number of hydrogen-bond donors (Lipinski definition) is 1. The molecule has 0 radical (unpaired) electrons. The number of sulfonamides is 1. The summed E-state index contributed by atoms with van der Waals surface area (Å²) in [5.41, 5.74) is 1.73. The topological polar surface area (TPSA) is 75.2 Å². The van der Waals surface area contributed by atoms with E-state index >= 15 is 0 Å². The summed E-state index contributed by atoms with van der Waals surface area (Å²) in [5, 5.41) is 3.21. The van der Waals surface area contributed by atoms with Gasteiger partial charge in [0.25, 0.3) is 0 Å². The van der Waals surface area contributed by atoms with Crippen LogP contribution in [0.2, 0.25) is 0 Å².